The molecule has 4 rings (SSSR count). The van der Waals surface area contributed by atoms with Crippen molar-refractivity contribution in [1.82, 2.24) is 14.6 Å². The summed E-state index contributed by atoms with van der Waals surface area (Å²) in [5, 5.41) is 7.03. The van der Waals surface area contributed by atoms with Crippen molar-refractivity contribution in [3.05, 3.63) is 81.9 Å². The van der Waals surface area contributed by atoms with Crippen molar-refractivity contribution in [3.63, 3.8) is 0 Å². The maximum absolute atomic E-state index is 12.8. The molecule has 0 saturated heterocycles. The molecule has 2 heterocycles. The van der Waals surface area contributed by atoms with E-state index in [9.17, 15) is 9.59 Å². The molecule has 0 fully saturated rings. The summed E-state index contributed by atoms with van der Waals surface area (Å²) in [6.07, 6.45) is 0. The van der Waals surface area contributed by atoms with Crippen LogP contribution in [0.3, 0.4) is 0 Å². The molecule has 2 aromatic heterocycles. The molecule has 1 N–H and O–H groups in total. The number of rotatable bonds is 4. The molecule has 0 radical (unpaired) electrons. The summed E-state index contributed by atoms with van der Waals surface area (Å²) in [5.74, 6) is -0.398. The summed E-state index contributed by atoms with van der Waals surface area (Å²) >= 11 is 1.51. The van der Waals surface area contributed by atoms with Crippen LogP contribution in [-0.2, 0) is 0 Å². The Morgan fingerprint density at radius 1 is 0.963 bits per heavy atom. The number of carbonyl (C=O) groups is 2. The summed E-state index contributed by atoms with van der Waals surface area (Å²) in [6, 6.07) is 15.6. The van der Waals surface area contributed by atoms with Gasteiger partial charge in [0.25, 0.3) is 11.9 Å². The van der Waals surface area contributed by atoms with Gasteiger partial charge >= 0.3 is 0 Å². The Hall–Kier alpha value is -3.32. The lowest BCUT2D eigenvalue weighted by Gasteiger charge is -2.08. The molecule has 0 aliphatic heterocycles. The molecule has 7 heteroatoms. The van der Waals surface area contributed by atoms with Crippen LogP contribution >= 0.6 is 11.3 Å². The Labute approximate surface area is 159 Å². The van der Waals surface area contributed by atoms with Gasteiger partial charge < -0.3 is 0 Å². The highest BCUT2D eigenvalue weighted by atomic mass is 32.1. The summed E-state index contributed by atoms with van der Waals surface area (Å²) in [6.45, 7) is 3.95. The Balaban J connectivity index is 1.64. The number of ketones is 1. The third kappa shape index (κ3) is 3.13. The van der Waals surface area contributed by atoms with Crippen molar-refractivity contribution in [3.8, 4) is 0 Å². The van der Waals surface area contributed by atoms with Gasteiger partial charge in [0.1, 0.15) is 0 Å². The highest BCUT2D eigenvalue weighted by Gasteiger charge is 2.20. The van der Waals surface area contributed by atoms with E-state index in [1.54, 1.807) is 53.0 Å². The molecule has 0 unspecified atom stereocenters. The fourth-order valence-corrected chi connectivity index (χ4v) is 3.69. The number of fused-ring (bicyclic) bond motifs is 1. The van der Waals surface area contributed by atoms with E-state index in [2.05, 4.69) is 15.4 Å². The normalized spacial score (nSPS) is 10.9. The van der Waals surface area contributed by atoms with E-state index in [1.165, 1.54) is 11.3 Å². The van der Waals surface area contributed by atoms with E-state index >= 15 is 0 Å². The third-order valence-electron chi connectivity index (χ3n) is 4.33. The molecule has 134 valence electrons. The molecule has 0 aliphatic rings. The lowest BCUT2D eigenvalue weighted by Crippen LogP contribution is -2.17. The monoisotopic (exact) mass is 376 g/mol. The Kier molecular flexibility index (Phi) is 4.29. The van der Waals surface area contributed by atoms with Crippen molar-refractivity contribution in [2.24, 2.45) is 0 Å². The number of nitrogens with zero attached hydrogens (tertiary/aromatic N) is 3. The first-order chi connectivity index (χ1) is 13.0. The molecule has 0 aliphatic carbocycles. The number of hydrogen-bond acceptors (Lipinski definition) is 5. The fraction of sp³-hybridized carbons (Fsp3) is 0.100. The van der Waals surface area contributed by atoms with Crippen molar-refractivity contribution in [2.75, 3.05) is 5.32 Å². The van der Waals surface area contributed by atoms with Gasteiger partial charge in [0, 0.05) is 16.0 Å². The van der Waals surface area contributed by atoms with Crippen LogP contribution in [0, 0.1) is 13.8 Å². The van der Waals surface area contributed by atoms with E-state index in [0.717, 1.165) is 10.6 Å². The van der Waals surface area contributed by atoms with Gasteiger partial charge in [-0.25, -0.2) is 4.52 Å². The van der Waals surface area contributed by atoms with E-state index in [0.29, 0.717) is 16.1 Å². The quantitative estimate of drug-likeness (QED) is 0.548. The lowest BCUT2D eigenvalue weighted by molar-refractivity contribution is 0.0996. The zero-order chi connectivity index (χ0) is 19.0. The summed E-state index contributed by atoms with van der Waals surface area (Å²) < 4.78 is 1.70. The number of aromatic nitrogens is 3. The van der Waals surface area contributed by atoms with Crippen LogP contribution in [0.15, 0.2) is 54.6 Å². The van der Waals surface area contributed by atoms with Gasteiger partial charge in [0.15, 0.2) is 5.78 Å². The van der Waals surface area contributed by atoms with E-state index in [4.69, 9.17) is 0 Å². The number of anilines is 1. The zero-order valence-electron chi connectivity index (χ0n) is 14.8. The number of benzene rings is 2. The SMILES string of the molecule is Cc1sc2nc(NC(=O)c3ccccc3C(=O)c3ccccc3)nn2c1C. The summed E-state index contributed by atoms with van der Waals surface area (Å²) in [5.41, 5.74) is 2.15. The molecule has 0 saturated carbocycles. The Morgan fingerprint density at radius 3 is 2.33 bits per heavy atom. The van der Waals surface area contributed by atoms with Crippen LogP contribution in [0.5, 0.6) is 0 Å². The van der Waals surface area contributed by atoms with Crippen molar-refractivity contribution >= 4 is 33.9 Å². The van der Waals surface area contributed by atoms with Crippen LogP contribution in [-0.4, -0.2) is 26.3 Å². The van der Waals surface area contributed by atoms with Crippen molar-refractivity contribution < 1.29 is 9.59 Å². The van der Waals surface area contributed by atoms with Gasteiger partial charge in [0.2, 0.25) is 4.96 Å². The molecule has 6 nitrogen and oxygen atoms in total. The van der Waals surface area contributed by atoms with E-state index in [-0.39, 0.29) is 17.3 Å². The second kappa shape index (κ2) is 6.77. The number of thiazole rings is 1. The second-order valence-electron chi connectivity index (χ2n) is 6.07. The molecular weight excluding hydrogens is 360 g/mol. The average molecular weight is 376 g/mol. The van der Waals surface area contributed by atoms with Gasteiger partial charge in [-0.15, -0.1) is 5.10 Å². The molecule has 2 aromatic carbocycles. The molecule has 0 bridgehead atoms. The Bertz CT molecular complexity index is 1160. The third-order valence-corrected chi connectivity index (χ3v) is 5.38. The number of carbonyl (C=O) groups excluding carboxylic acids is 2. The van der Waals surface area contributed by atoms with Crippen LogP contribution in [0.4, 0.5) is 5.95 Å². The second-order valence-corrected chi connectivity index (χ2v) is 7.25. The molecule has 27 heavy (non-hydrogen) atoms. The fourth-order valence-electron chi connectivity index (χ4n) is 2.79. The van der Waals surface area contributed by atoms with Gasteiger partial charge in [-0.2, -0.15) is 4.98 Å². The highest BCUT2D eigenvalue weighted by Crippen LogP contribution is 2.22. The molecular formula is C20H16N4O2S. The molecule has 0 atom stereocenters. The first kappa shape index (κ1) is 17.1. The van der Waals surface area contributed by atoms with Crippen LogP contribution in [0.2, 0.25) is 0 Å². The minimum atomic E-state index is -0.414. The lowest BCUT2D eigenvalue weighted by atomic mass is 9.98. The van der Waals surface area contributed by atoms with Crippen molar-refractivity contribution in [1.29, 1.82) is 0 Å². The summed E-state index contributed by atoms with van der Waals surface area (Å²) in [7, 11) is 0. The largest absolute Gasteiger partial charge is 0.289 e. The molecule has 1 amide bonds. The number of aryl methyl sites for hydroxylation is 2. The van der Waals surface area contributed by atoms with E-state index < -0.39 is 5.91 Å². The van der Waals surface area contributed by atoms with Gasteiger partial charge in [0.05, 0.1) is 11.3 Å². The van der Waals surface area contributed by atoms with Crippen LogP contribution < -0.4 is 5.32 Å². The first-order valence-corrected chi connectivity index (χ1v) is 9.19. The maximum atomic E-state index is 12.8. The zero-order valence-corrected chi connectivity index (χ0v) is 15.6. The number of nitrogens with one attached hydrogen (secondary N) is 1. The highest BCUT2D eigenvalue weighted by molar-refractivity contribution is 7.17. The molecule has 4 aromatic rings. The Morgan fingerprint density at radius 2 is 1.63 bits per heavy atom. The van der Waals surface area contributed by atoms with Crippen LogP contribution in [0.25, 0.3) is 4.96 Å². The minimum absolute atomic E-state index is 0.202. The summed E-state index contributed by atoms with van der Waals surface area (Å²) in [4.78, 5) is 31.8. The van der Waals surface area contributed by atoms with Gasteiger partial charge in [-0.3, -0.25) is 14.9 Å². The first-order valence-electron chi connectivity index (χ1n) is 8.37. The number of amides is 1. The van der Waals surface area contributed by atoms with Gasteiger partial charge in [-0.05, 0) is 19.9 Å². The topological polar surface area (TPSA) is 76.4 Å². The van der Waals surface area contributed by atoms with E-state index in [1.807, 2.05) is 19.9 Å². The molecule has 0 spiro atoms. The maximum Gasteiger partial charge on any atom is 0.258 e. The standard InChI is InChI=1S/C20H16N4O2S/c1-12-13(2)27-20-22-19(23-24(12)20)21-18(26)16-11-7-6-10-15(16)17(25)14-8-4-3-5-9-14/h3-11H,1-2H3,(H,21,23,26). The van der Waals surface area contributed by atoms with Crippen LogP contribution in [0.1, 0.15) is 36.9 Å². The predicted octanol–water partition coefficient (Wildman–Crippen LogP) is 3.89. The number of hydrogen-bond donors (Lipinski definition) is 1. The average Bonchev–Trinajstić information content (AvgIpc) is 3.20. The van der Waals surface area contributed by atoms with Crippen molar-refractivity contribution in [2.45, 2.75) is 13.8 Å². The minimum Gasteiger partial charge on any atom is -0.289 e. The predicted molar refractivity (Wildman–Crippen MR) is 105 cm³/mol. The van der Waals surface area contributed by atoms with Gasteiger partial charge in [-0.1, -0.05) is 59.9 Å². The smallest absolute Gasteiger partial charge is 0.258 e.